The number of urea groups is 1. The standard InChI is InChI=1S/C15H13FN2O3/c16-11-8-4-5-9-12(11)17-15(21)18-13(14(19)20)10-6-2-1-3-7-10/h1-9,13H,(H,19,20)(H2,17,18,21)/t13-/m1/s1. The summed E-state index contributed by atoms with van der Waals surface area (Å²) in [6, 6.07) is 11.9. The molecule has 2 amide bonds. The molecule has 0 bridgehead atoms. The van der Waals surface area contributed by atoms with Gasteiger partial charge in [-0.25, -0.2) is 14.0 Å². The zero-order valence-corrected chi connectivity index (χ0v) is 10.9. The normalized spacial score (nSPS) is 11.5. The quantitative estimate of drug-likeness (QED) is 0.809. The molecule has 0 unspecified atom stereocenters. The number of hydrogen-bond acceptors (Lipinski definition) is 2. The number of anilines is 1. The summed E-state index contributed by atoms with van der Waals surface area (Å²) >= 11 is 0. The number of halogens is 1. The number of amides is 2. The second-order valence-corrected chi connectivity index (χ2v) is 4.26. The van der Waals surface area contributed by atoms with Crippen LogP contribution in [-0.4, -0.2) is 17.1 Å². The first-order valence-electron chi connectivity index (χ1n) is 6.17. The first kappa shape index (κ1) is 14.5. The maximum absolute atomic E-state index is 13.4. The number of carbonyl (C=O) groups is 2. The Bertz CT molecular complexity index is 646. The van der Waals surface area contributed by atoms with Gasteiger partial charge in [-0.1, -0.05) is 42.5 Å². The summed E-state index contributed by atoms with van der Waals surface area (Å²) in [7, 11) is 0. The Balaban J connectivity index is 2.10. The van der Waals surface area contributed by atoms with Crippen LogP contribution in [0.15, 0.2) is 54.6 Å². The lowest BCUT2D eigenvalue weighted by Crippen LogP contribution is -2.36. The van der Waals surface area contributed by atoms with Gasteiger partial charge in [-0.15, -0.1) is 0 Å². The van der Waals surface area contributed by atoms with Gasteiger partial charge in [0.1, 0.15) is 5.82 Å². The Morgan fingerprint density at radius 3 is 2.24 bits per heavy atom. The van der Waals surface area contributed by atoms with Gasteiger partial charge in [0.2, 0.25) is 0 Å². The van der Waals surface area contributed by atoms with Crippen LogP contribution in [-0.2, 0) is 4.79 Å². The predicted octanol–water partition coefficient (Wildman–Crippen LogP) is 2.77. The number of benzene rings is 2. The molecule has 1 atom stereocenters. The zero-order valence-electron chi connectivity index (χ0n) is 10.9. The Morgan fingerprint density at radius 1 is 1.00 bits per heavy atom. The van der Waals surface area contributed by atoms with Gasteiger partial charge in [0.15, 0.2) is 6.04 Å². The Labute approximate surface area is 120 Å². The Kier molecular flexibility index (Phi) is 4.50. The molecule has 2 aromatic rings. The van der Waals surface area contributed by atoms with Crippen molar-refractivity contribution in [3.05, 3.63) is 66.0 Å². The van der Waals surface area contributed by atoms with Gasteiger partial charge >= 0.3 is 12.0 Å². The van der Waals surface area contributed by atoms with E-state index in [1.807, 2.05) is 0 Å². The molecule has 108 valence electrons. The van der Waals surface area contributed by atoms with Crippen molar-refractivity contribution in [2.75, 3.05) is 5.32 Å². The fourth-order valence-corrected chi connectivity index (χ4v) is 1.79. The molecule has 0 saturated carbocycles. The minimum Gasteiger partial charge on any atom is -0.479 e. The van der Waals surface area contributed by atoms with Crippen LogP contribution < -0.4 is 10.6 Å². The number of carboxylic acids is 1. The second kappa shape index (κ2) is 6.51. The molecule has 0 heterocycles. The molecule has 5 nitrogen and oxygen atoms in total. The molecule has 0 aliphatic heterocycles. The number of nitrogens with one attached hydrogen (secondary N) is 2. The molecule has 0 aliphatic carbocycles. The molecule has 0 spiro atoms. The van der Waals surface area contributed by atoms with E-state index in [4.69, 9.17) is 0 Å². The van der Waals surface area contributed by atoms with Crippen LogP contribution in [0.1, 0.15) is 11.6 Å². The lowest BCUT2D eigenvalue weighted by Gasteiger charge is -2.15. The van der Waals surface area contributed by atoms with Crippen LogP contribution in [0, 0.1) is 5.82 Å². The van der Waals surface area contributed by atoms with Crippen molar-refractivity contribution in [2.24, 2.45) is 0 Å². The number of carboxylic acid groups (broad SMARTS) is 1. The smallest absolute Gasteiger partial charge is 0.330 e. The lowest BCUT2D eigenvalue weighted by molar-refractivity contribution is -0.139. The van der Waals surface area contributed by atoms with Crippen molar-refractivity contribution < 1.29 is 19.1 Å². The average Bonchev–Trinajstić information content (AvgIpc) is 2.48. The van der Waals surface area contributed by atoms with E-state index in [9.17, 15) is 19.1 Å². The summed E-state index contributed by atoms with van der Waals surface area (Å²) in [5, 5.41) is 13.7. The molecule has 0 aliphatic rings. The van der Waals surface area contributed by atoms with Crippen LogP contribution in [0.25, 0.3) is 0 Å². The largest absolute Gasteiger partial charge is 0.479 e. The molecule has 0 aromatic heterocycles. The number of carbonyl (C=O) groups excluding carboxylic acids is 1. The van der Waals surface area contributed by atoms with E-state index in [1.165, 1.54) is 18.2 Å². The van der Waals surface area contributed by atoms with E-state index < -0.39 is 23.9 Å². The van der Waals surface area contributed by atoms with Gasteiger partial charge in [-0.3, -0.25) is 0 Å². The first-order valence-corrected chi connectivity index (χ1v) is 6.17. The van der Waals surface area contributed by atoms with Gasteiger partial charge in [0.05, 0.1) is 5.69 Å². The molecule has 21 heavy (non-hydrogen) atoms. The number of para-hydroxylation sites is 1. The van der Waals surface area contributed by atoms with Crippen LogP contribution >= 0.6 is 0 Å². The van der Waals surface area contributed by atoms with E-state index in [1.54, 1.807) is 36.4 Å². The van der Waals surface area contributed by atoms with Crippen molar-refractivity contribution in [3.63, 3.8) is 0 Å². The van der Waals surface area contributed by atoms with Gasteiger partial charge in [0.25, 0.3) is 0 Å². The third kappa shape index (κ3) is 3.79. The molecule has 0 fully saturated rings. The summed E-state index contributed by atoms with van der Waals surface area (Å²) in [4.78, 5) is 23.0. The third-order valence-electron chi connectivity index (χ3n) is 2.78. The van der Waals surface area contributed by atoms with E-state index >= 15 is 0 Å². The summed E-state index contributed by atoms with van der Waals surface area (Å²) < 4.78 is 13.4. The van der Waals surface area contributed by atoms with Crippen molar-refractivity contribution in [3.8, 4) is 0 Å². The molecular formula is C15H13FN2O3. The summed E-state index contributed by atoms with van der Waals surface area (Å²) in [6.45, 7) is 0. The van der Waals surface area contributed by atoms with Crippen molar-refractivity contribution in [1.29, 1.82) is 0 Å². The Hall–Kier alpha value is -2.89. The van der Waals surface area contributed by atoms with Crippen LogP contribution in [0.5, 0.6) is 0 Å². The minimum atomic E-state index is -1.21. The van der Waals surface area contributed by atoms with Crippen molar-refractivity contribution in [1.82, 2.24) is 5.32 Å². The molecular weight excluding hydrogens is 275 g/mol. The van der Waals surface area contributed by atoms with Crippen LogP contribution in [0.4, 0.5) is 14.9 Å². The molecule has 0 radical (unpaired) electrons. The Morgan fingerprint density at radius 2 is 1.62 bits per heavy atom. The van der Waals surface area contributed by atoms with Gasteiger partial charge in [-0.05, 0) is 17.7 Å². The fraction of sp³-hybridized carbons (Fsp3) is 0.0667. The molecule has 3 N–H and O–H groups in total. The minimum absolute atomic E-state index is 0.0211. The molecule has 2 rings (SSSR count). The highest BCUT2D eigenvalue weighted by atomic mass is 19.1. The van der Waals surface area contributed by atoms with Crippen molar-refractivity contribution >= 4 is 17.7 Å². The van der Waals surface area contributed by atoms with Gasteiger partial charge in [-0.2, -0.15) is 0 Å². The zero-order chi connectivity index (χ0) is 15.2. The summed E-state index contributed by atoms with van der Waals surface area (Å²) in [5.41, 5.74) is 0.404. The highest BCUT2D eigenvalue weighted by Gasteiger charge is 2.22. The summed E-state index contributed by atoms with van der Waals surface area (Å²) in [5.74, 6) is -1.80. The number of hydrogen-bond donors (Lipinski definition) is 3. The summed E-state index contributed by atoms with van der Waals surface area (Å²) in [6.07, 6.45) is 0. The SMILES string of the molecule is O=C(Nc1ccccc1F)N[C@@H](C(=O)O)c1ccccc1. The highest BCUT2D eigenvalue weighted by Crippen LogP contribution is 2.15. The predicted molar refractivity (Wildman–Crippen MR) is 75.4 cm³/mol. The van der Waals surface area contributed by atoms with Gasteiger partial charge < -0.3 is 15.7 Å². The maximum atomic E-state index is 13.4. The third-order valence-corrected chi connectivity index (χ3v) is 2.78. The van der Waals surface area contributed by atoms with E-state index in [0.29, 0.717) is 5.56 Å². The average molecular weight is 288 g/mol. The van der Waals surface area contributed by atoms with E-state index in [2.05, 4.69) is 10.6 Å². The number of aliphatic carboxylic acids is 1. The molecule has 2 aromatic carbocycles. The topological polar surface area (TPSA) is 78.4 Å². The monoisotopic (exact) mass is 288 g/mol. The van der Waals surface area contributed by atoms with Gasteiger partial charge in [0, 0.05) is 0 Å². The van der Waals surface area contributed by atoms with Crippen molar-refractivity contribution in [2.45, 2.75) is 6.04 Å². The lowest BCUT2D eigenvalue weighted by atomic mass is 10.1. The van der Waals surface area contributed by atoms with E-state index in [-0.39, 0.29) is 5.69 Å². The number of rotatable bonds is 4. The first-order chi connectivity index (χ1) is 10.1. The van der Waals surface area contributed by atoms with Crippen LogP contribution in [0.3, 0.4) is 0 Å². The fourth-order valence-electron chi connectivity index (χ4n) is 1.79. The highest BCUT2D eigenvalue weighted by molar-refractivity contribution is 5.92. The van der Waals surface area contributed by atoms with E-state index in [0.717, 1.165) is 0 Å². The maximum Gasteiger partial charge on any atom is 0.330 e. The molecule has 6 heteroatoms. The molecule has 0 saturated heterocycles. The second-order valence-electron chi connectivity index (χ2n) is 4.26. The van der Waals surface area contributed by atoms with Crippen LogP contribution in [0.2, 0.25) is 0 Å².